The van der Waals surface area contributed by atoms with Gasteiger partial charge in [-0.3, -0.25) is 14.7 Å². The van der Waals surface area contributed by atoms with Crippen LogP contribution < -0.4 is 4.90 Å². The SMILES string of the molecule is CCC(=O)N(c1ccccc1)c1ccc(-c2ccccn2)cc1. The van der Waals surface area contributed by atoms with Crippen LogP contribution in [0.2, 0.25) is 0 Å². The number of benzene rings is 2. The predicted molar refractivity (Wildman–Crippen MR) is 93.6 cm³/mol. The van der Waals surface area contributed by atoms with Crippen LogP contribution in [0.5, 0.6) is 0 Å². The summed E-state index contributed by atoms with van der Waals surface area (Å²) in [5, 5.41) is 0. The van der Waals surface area contributed by atoms with Crippen molar-refractivity contribution < 1.29 is 4.79 Å². The molecule has 0 aliphatic carbocycles. The second kappa shape index (κ2) is 6.88. The zero-order chi connectivity index (χ0) is 16.1. The van der Waals surface area contributed by atoms with E-state index in [1.165, 1.54) is 0 Å². The molecule has 0 N–H and O–H groups in total. The summed E-state index contributed by atoms with van der Waals surface area (Å²) >= 11 is 0. The number of hydrogen-bond acceptors (Lipinski definition) is 2. The molecule has 114 valence electrons. The molecule has 0 aliphatic rings. The molecule has 1 heterocycles. The normalized spacial score (nSPS) is 10.3. The fourth-order valence-corrected chi connectivity index (χ4v) is 2.49. The third-order valence-corrected chi connectivity index (χ3v) is 3.65. The minimum Gasteiger partial charge on any atom is -0.281 e. The van der Waals surface area contributed by atoms with Crippen molar-refractivity contribution in [2.45, 2.75) is 13.3 Å². The molecule has 0 spiro atoms. The van der Waals surface area contributed by atoms with E-state index < -0.39 is 0 Å². The summed E-state index contributed by atoms with van der Waals surface area (Å²) in [6.45, 7) is 1.88. The van der Waals surface area contributed by atoms with Crippen LogP contribution in [0.15, 0.2) is 79.0 Å². The van der Waals surface area contributed by atoms with Crippen molar-refractivity contribution in [3.8, 4) is 11.3 Å². The van der Waals surface area contributed by atoms with Gasteiger partial charge in [0.05, 0.1) is 5.69 Å². The number of carbonyl (C=O) groups is 1. The Morgan fingerprint density at radius 2 is 1.52 bits per heavy atom. The molecule has 3 rings (SSSR count). The monoisotopic (exact) mass is 302 g/mol. The molecule has 0 aliphatic heterocycles. The van der Waals surface area contributed by atoms with Crippen LogP contribution >= 0.6 is 0 Å². The minimum atomic E-state index is 0.0711. The molecule has 1 amide bonds. The first-order valence-corrected chi connectivity index (χ1v) is 7.69. The van der Waals surface area contributed by atoms with E-state index in [4.69, 9.17) is 0 Å². The molecule has 0 radical (unpaired) electrons. The molecule has 3 nitrogen and oxygen atoms in total. The Morgan fingerprint density at radius 1 is 0.870 bits per heavy atom. The lowest BCUT2D eigenvalue weighted by Crippen LogP contribution is -2.24. The Morgan fingerprint density at radius 3 is 2.13 bits per heavy atom. The van der Waals surface area contributed by atoms with Crippen molar-refractivity contribution in [1.29, 1.82) is 0 Å². The van der Waals surface area contributed by atoms with Crippen molar-refractivity contribution in [1.82, 2.24) is 4.98 Å². The lowest BCUT2D eigenvalue weighted by atomic mass is 10.1. The maximum atomic E-state index is 12.4. The molecule has 0 bridgehead atoms. The Labute approximate surface area is 136 Å². The van der Waals surface area contributed by atoms with Gasteiger partial charge < -0.3 is 0 Å². The quantitative estimate of drug-likeness (QED) is 0.692. The molecule has 0 saturated carbocycles. The number of nitrogens with zero attached hydrogens (tertiary/aromatic N) is 2. The van der Waals surface area contributed by atoms with Crippen LogP contribution in [0.1, 0.15) is 13.3 Å². The van der Waals surface area contributed by atoms with E-state index in [1.54, 1.807) is 11.1 Å². The molecule has 3 aromatic rings. The number of pyridine rings is 1. The Hall–Kier alpha value is -2.94. The number of hydrogen-bond donors (Lipinski definition) is 0. The molecule has 0 saturated heterocycles. The van der Waals surface area contributed by atoms with E-state index in [2.05, 4.69) is 4.98 Å². The van der Waals surface area contributed by atoms with Crippen molar-refractivity contribution in [3.05, 3.63) is 79.0 Å². The zero-order valence-corrected chi connectivity index (χ0v) is 13.0. The van der Waals surface area contributed by atoms with Crippen molar-refractivity contribution in [2.24, 2.45) is 0 Å². The number of carbonyl (C=O) groups excluding carboxylic acids is 1. The number of rotatable bonds is 4. The van der Waals surface area contributed by atoms with Crippen LogP contribution in [-0.2, 0) is 4.79 Å². The van der Waals surface area contributed by atoms with Gasteiger partial charge in [0.1, 0.15) is 0 Å². The second-order valence-corrected chi connectivity index (χ2v) is 5.18. The highest BCUT2D eigenvalue weighted by molar-refractivity contribution is 6.00. The van der Waals surface area contributed by atoms with E-state index in [1.807, 2.05) is 79.7 Å². The Bertz CT molecular complexity index is 768. The summed E-state index contributed by atoms with van der Waals surface area (Å²) < 4.78 is 0. The molecule has 0 atom stereocenters. The van der Waals surface area contributed by atoms with Crippen LogP contribution in [0, 0.1) is 0 Å². The van der Waals surface area contributed by atoms with Crippen molar-refractivity contribution in [3.63, 3.8) is 0 Å². The van der Waals surface area contributed by atoms with Crippen LogP contribution in [0.3, 0.4) is 0 Å². The van der Waals surface area contributed by atoms with Crippen LogP contribution in [-0.4, -0.2) is 10.9 Å². The lowest BCUT2D eigenvalue weighted by molar-refractivity contribution is -0.117. The van der Waals surface area contributed by atoms with Gasteiger partial charge in [-0.05, 0) is 36.4 Å². The Kier molecular flexibility index (Phi) is 4.48. The summed E-state index contributed by atoms with van der Waals surface area (Å²) in [6.07, 6.45) is 2.23. The first kappa shape index (κ1) is 15.0. The van der Waals surface area contributed by atoms with Crippen LogP contribution in [0.25, 0.3) is 11.3 Å². The third kappa shape index (κ3) is 3.29. The predicted octanol–water partition coefficient (Wildman–Crippen LogP) is 4.82. The molecule has 0 fully saturated rings. The summed E-state index contributed by atoms with van der Waals surface area (Å²) in [5.41, 5.74) is 3.70. The highest BCUT2D eigenvalue weighted by Gasteiger charge is 2.16. The van der Waals surface area contributed by atoms with E-state index in [0.717, 1.165) is 22.6 Å². The van der Waals surface area contributed by atoms with Crippen LogP contribution in [0.4, 0.5) is 11.4 Å². The lowest BCUT2D eigenvalue weighted by Gasteiger charge is -2.22. The third-order valence-electron chi connectivity index (χ3n) is 3.65. The summed E-state index contributed by atoms with van der Waals surface area (Å²) in [4.78, 5) is 18.5. The Balaban J connectivity index is 1.96. The second-order valence-electron chi connectivity index (χ2n) is 5.18. The summed E-state index contributed by atoms with van der Waals surface area (Å²) in [7, 11) is 0. The number of anilines is 2. The van der Waals surface area contributed by atoms with Gasteiger partial charge in [-0.25, -0.2) is 0 Å². The fraction of sp³-hybridized carbons (Fsp3) is 0.100. The van der Waals surface area contributed by atoms with E-state index in [0.29, 0.717) is 6.42 Å². The molecule has 1 aromatic heterocycles. The highest BCUT2D eigenvalue weighted by atomic mass is 16.2. The average molecular weight is 302 g/mol. The first-order valence-electron chi connectivity index (χ1n) is 7.69. The first-order chi connectivity index (χ1) is 11.3. The van der Waals surface area contributed by atoms with E-state index in [9.17, 15) is 4.79 Å². The van der Waals surface area contributed by atoms with Crippen molar-refractivity contribution >= 4 is 17.3 Å². The van der Waals surface area contributed by atoms with E-state index >= 15 is 0 Å². The standard InChI is InChI=1S/C20H18N2O/c1-2-20(23)22(17-8-4-3-5-9-17)18-13-11-16(12-14-18)19-10-6-7-15-21-19/h3-15H,2H2,1H3. The van der Waals surface area contributed by atoms with Crippen molar-refractivity contribution in [2.75, 3.05) is 4.90 Å². The van der Waals surface area contributed by atoms with Gasteiger partial charge in [-0.15, -0.1) is 0 Å². The van der Waals surface area contributed by atoms with Gasteiger partial charge >= 0.3 is 0 Å². The maximum absolute atomic E-state index is 12.4. The van der Waals surface area contributed by atoms with Gasteiger partial charge in [0.25, 0.3) is 0 Å². The molecular formula is C20H18N2O. The number of amides is 1. The largest absolute Gasteiger partial charge is 0.281 e. The van der Waals surface area contributed by atoms with Gasteiger partial charge in [0.2, 0.25) is 5.91 Å². The molecule has 23 heavy (non-hydrogen) atoms. The molecule has 2 aromatic carbocycles. The van der Waals surface area contributed by atoms with Gasteiger partial charge in [0, 0.05) is 29.6 Å². The molecule has 0 unspecified atom stereocenters. The van der Waals surface area contributed by atoms with Gasteiger partial charge in [-0.2, -0.15) is 0 Å². The van der Waals surface area contributed by atoms with E-state index in [-0.39, 0.29) is 5.91 Å². The maximum Gasteiger partial charge on any atom is 0.231 e. The highest BCUT2D eigenvalue weighted by Crippen LogP contribution is 2.28. The number of aromatic nitrogens is 1. The smallest absolute Gasteiger partial charge is 0.231 e. The molecule has 3 heteroatoms. The van der Waals surface area contributed by atoms with Gasteiger partial charge in [-0.1, -0.05) is 43.3 Å². The summed E-state index contributed by atoms with van der Waals surface area (Å²) in [6, 6.07) is 23.5. The molecular weight excluding hydrogens is 284 g/mol. The number of para-hydroxylation sites is 1. The topological polar surface area (TPSA) is 33.2 Å². The zero-order valence-electron chi connectivity index (χ0n) is 13.0. The minimum absolute atomic E-state index is 0.0711. The average Bonchev–Trinajstić information content (AvgIpc) is 2.64. The van der Waals surface area contributed by atoms with Gasteiger partial charge in [0.15, 0.2) is 0 Å². The fourth-order valence-electron chi connectivity index (χ4n) is 2.49. The summed E-state index contributed by atoms with van der Waals surface area (Å²) in [5.74, 6) is 0.0711.